The molecule has 1 heterocycles. The van der Waals surface area contributed by atoms with Crippen LogP contribution >= 0.6 is 0 Å². The van der Waals surface area contributed by atoms with Crippen LogP contribution in [0.5, 0.6) is 0 Å². The SMILES string of the molecule is Cc1ccc2c(c1)CC(N(C)C(=O)CN(CCNC(C)C)C(=O)CNc1cc(-c3noc(C)n3)ccc1C)C2. The Labute approximate surface area is 231 Å². The van der Waals surface area contributed by atoms with Gasteiger partial charge in [0.05, 0.1) is 13.1 Å². The van der Waals surface area contributed by atoms with Gasteiger partial charge in [0.2, 0.25) is 23.5 Å². The molecule has 0 bridgehead atoms. The molecule has 0 spiro atoms. The van der Waals surface area contributed by atoms with Gasteiger partial charge in [0, 0.05) is 50.4 Å². The summed E-state index contributed by atoms with van der Waals surface area (Å²) >= 11 is 0. The Morgan fingerprint density at radius 3 is 2.54 bits per heavy atom. The van der Waals surface area contributed by atoms with Gasteiger partial charge in [-0.25, -0.2) is 0 Å². The standard InChI is InChI=1S/C30H40N6O3/c1-19(2)31-11-12-36(18-29(38)35(6)26-14-23-9-7-20(3)13-25(23)15-26)28(37)17-32-27-16-24(10-8-21(27)4)30-33-22(5)39-34-30/h7-10,13,16,19,26,31-32H,11-12,14-15,17-18H2,1-6H3. The molecule has 39 heavy (non-hydrogen) atoms. The predicted molar refractivity (Wildman–Crippen MR) is 153 cm³/mol. The first-order chi connectivity index (χ1) is 18.6. The van der Waals surface area contributed by atoms with Crippen LogP contribution in [-0.2, 0) is 22.4 Å². The van der Waals surface area contributed by atoms with Crippen LogP contribution in [0.2, 0.25) is 0 Å². The molecular weight excluding hydrogens is 492 g/mol. The van der Waals surface area contributed by atoms with E-state index in [-0.39, 0.29) is 37.0 Å². The average Bonchev–Trinajstić information content (AvgIpc) is 3.52. The number of hydrogen-bond acceptors (Lipinski definition) is 7. The fraction of sp³-hybridized carbons (Fsp3) is 0.467. The number of likely N-dealkylation sites (N-methyl/N-ethyl adjacent to an activating group) is 1. The second-order valence-electron chi connectivity index (χ2n) is 10.8. The second kappa shape index (κ2) is 12.4. The first-order valence-electron chi connectivity index (χ1n) is 13.6. The zero-order valence-corrected chi connectivity index (χ0v) is 23.9. The number of aryl methyl sites for hydroxylation is 3. The molecule has 0 saturated carbocycles. The molecule has 0 radical (unpaired) electrons. The van der Waals surface area contributed by atoms with Gasteiger partial charge in [-0.15, -0.1) is 0 Å². The minimum absolute atomic E-state index is 0.0455. The first kappa shape index (κ1) is 28.3. The summed E-state index contributed by atoms with van der Waals surface area (Å²) in [5.74, 6) is 0.814. The number of fused-ring (bicyclic) bond motifs is 1. The largest absolute Gasteiger partial charge is 0.376 e. The molecule has 1 unspecified atom stereocenters. The molecule has 0 fully saturated rings. The van der Waals surface area contributed by atoms with Crippen LogP contribution in [0.25, 0.3) is 11.4 Å². The Balaban J connectivity index is 1.40. The molecule has 1 aliphatic rings. The van der Waals surface area contributed by atoms with Gasteiger partial charge < -0.3 is 25.0 Å². The maximum Gasteiger partial charge on any atom is 0.242 e. The van der Waals surface area contributed by atoms with Crippen LogP contribution in [0.15, 0.2) is 40.9 Å². The highest BCUT2D eigenvalue weighted by atomic mass is 16.5. The number of nitrogens with zero attached hydrogens (tertiary/aromatic N) is 4. The summed E-state index contributed by atoms with van der Waals surface area (Å²) < 4.78 is 5.11. The highest BCUT2D eigenvalue weighted by Gasteiger charge is 2.29. The molecule has 1 aromatic heterocycles. The summed E-state index contributed by atoms with van der Waals surface area (Å²) in [5.41, 5.74) is 6.45. The number of carbonyl (C=O) groups is 2. The maximum absolute atomic E-state index is 13.4. The topological polar surface area (TPSA) is 104 Å². The van der Waals surface area contributed by atoms with Crippen molar-refractivity contribution >= 4 is 17.5 Å². The fourth-order valence-electron chi connectivity index (χ4n) is 4.91. The molecule has 1 atom stereocenters. The summed E-state index contributed by atoms with van der Waals surface area (Å²) in [5, 5.41) is 10.6. The van der Waals surface area contributed by atoms with E-state index < -0.39 is 0 Å². The fourth-order valence-corrected chi connectivity index (χ4v) is 4.91. The van der Waals surface area contributed by atoms with Gasteiger partial charge >= 0.3 is 0 Å². The van der Waals surface area contributed by atoms with Gasteiger partial charge in [-0.3, -0.25) is 9.59 Å². The van der Waals surface area contributed by atoms with Gasteiger partial charge in [0.25, 0.3) is 0 Å². The lowest BCUT2D eigenvalue weighted by Crippen LogP contribution is -2.48. The Kier molecular flexibility index (Phi) is 9.01. The lowest BCUT2D eigenvalue weighted by molar-refractivity contribution is -0.140. The van der Waals surface area contributed by atoms with Crippen molar-refractivity contribution in [3.63, 3.8) is 0 Å². The Morgan fingerprint density at radius 1 is 1.05 bits per heavy atom. The lowest BCUT2D eigenvalue weighted by atomic mass is 10.1. The van der Waals surface area contributed by atoms with Gasteiger partial charge in [-0.05, 0) is 49.4 Å². The molecular formula is C30H40N6O3. The number of carbonyl (C=O) groups excluding carboxylic acids is 2. The predicted octanol–water partition coefficient (Wildman–Crippen LogP) is 3.53. The summed E-state index contributed by atoms with van der Waals surface area (Å²) in [6, 6.07) is 12.7. The van der Waals surface area contributed by atoms with Crippen molar-refractivity contribution in [1.82, 2.24) is 25.3 Å². The monoisotopic (exact) mass is 532 g/mol. The summed E-state index contributed by atoms with van der Waals surface area (Å²) in [4.78, 5) is 34.5. The van der Waals surface area contributed by atoms with Crippen molar-refractivity contribution in [1.29, 1.82) is 0 Å². The molecule has 2 aromatic carbocycles. The minimum Gasteiger partial charge on any atom is -0.376 e. The van der Waals surface area contributed by atoms with Crippen LogP contribution in [0.1, 0.15) is 42.0 Å². The first-order valence-corrected chi connectivity index (χ1v) is 13.6. The average molecular weight is 533 g/mol. The molecule has 2 N–H and O–H groups in total. The Bertz CT molecular complexity index is 1320. The molecule has 9 heteroatoms. The number of benzene rings is 2. The van der Waals surface area contributed by atoms with Gasteiger partial charge in [0.15, 0.2) is 0 Å². The van der Waals surface area contributed by atoms with Crippen LogP contribution in [-0.4, -0.2) is 77.1 Å². The number of rotatable bonds is 11. The van der Waals surface area contributed by atoms with Crippen molar-refractivity contribution < 1.29 is 14.1 Å². The zero-order valence-electron chi connectivity index (χ0n) is 23.9. The van der Waals surface area contributed by atoms with Crippen molar-refractivity contribution in [2.45, 2.75) is 59.5 Å². The van der Waals surface area contributed by atoms with E-state index in [0.29, 0.717) is 24.8 Å². The Morgan fingerprint density at radius 2 is 1.82 bits per heavy atom. The second-order valence-corrected chi connectivity index (χ2v) is 10.8. The highest BCUT2D eigenvalue weighted by molar-refractivity contribution is 5.87. The molecule has 3 aromatic rings. The zero-order chi connectivity index (χ0) is 28.1. The summed E-state index contributed by atoms with van der Waals surface area (Å²) in [7, 11) is 1.85. The molecule has 2 amide bonds. The van der Waals surface area contributed by atoms with Crippen molar-refractivity contribution in [3.05, 3.63) is 64.5 Å². The van der Waals surface area contributed by atoms with Crippen LogP contribution < -0.4 is 10.6 Å². The van der Waals surface area contributed by atoms with Crippen molar-refractivity contribution in [2.75, 3.05) is 38.5 Å². The van der Waals surface area contributed by atoms with E-state index in [0.717, 1.165) is 29.7 Å². The normalized spacial score (nSPS) is 14.4. The Hall–Kier alpha value is -3.72. The molecule has 0 saturated heterocycles. The van der Waals surface area contributed by atoms with Crippen molar-refractivity contribution in [2.24, 2.45) is 0 Å². The molecule has 4 rings (SSSR count). The maximum atomic E-state index is 13.4. The third-order valence-electron chi connectivity index (χ3n) is 7.28. The van der Waals surface area contributed by atoms with Crippen LogP contribution in [0.3, 0.4) is 0 Å². The van der Waals surface area contributed by atoms with Gasteiger partial charge in [-0.2, -0.15) is 4.98 Å². The van der Waals surface area contributed by atoms with Crippen molar-refractivity contribution in [3.8, 4) is 11.4 Å². The van der Waals surface area contributed by atoms with Crippen LogP contribution in [0, 0.1) is 20.8 Å². The lowest BCUT2D eigenvalue weighted by Gasteiger charge is -2.29. The van der Waals surface area contributed by atoms with Crippen LogP contribution in [0.4, 0.5) is 5.69 Å². The number of nitrogens with one attached hydrogen (secondary N) is 2. The third-order valence-corrected chi connectivity index (χ3v) is 7.28. The van der Waals surface area contributed by atoms with E-state index in [1.54, 1.807) is 11.8 Å². The van der Waals surface area contributed by atoms with E-state index in [2.05, 4.69) is 59.7 Å². The van der Waals surface area contributed by atoms with E-state index in [1.165, 1.54) is 16.7 Å². The summed E-state index contributed by atoms with van der Waals surface area (Å²) in [6.45, 7) is 11.1. The number of anilines is 1. The van der Waals surface area contributed by atoms with E-state index >= 15 is 0 Å². The summed E-state index contributed by atoms with van der Waals surface area (Å²) in [6.07, 6.45) is 1.69. The number of amides is 2. The minimum atomic E-state index is -0.132. The van der Waals surface area contributed by atoms with Gasteiger partial charge in [0.1, 0.15) is 0 Å². The smallest absolute Gasteiger partial charge is 0.242 e. The quantitative estimate of drug-likeness (QED) is 0.389. The van der Waals surface area contributed by atoms with E-state index in [4.69, 9.17) is 4.52 Å². The number of hydrogen-bond donors (Lipinski definition) is 2. The number of aromatic nitrogens is 2. The molecule has 208 valence electrons. The van der Waals surface area contributed by atoms with E-state index in [1.807, 2.05) is 37.1 Å². The molecule has 9 nitrogen and oxygen atoms in total. The molecule has 0 aliphatic heterocycles. The van der Waals surface area contributed by atoms with Gasteiger partial charge in [-0.1, -0.05) is 54.9 Å². The molecule has 1 aliphatic carbocycles. The third kappa shape index (κ3) is 7.23. The highest BCUT2D eigenvalue weighted by Crippen LogP contribution is 2.26. The van der Waals surface area contributed by atoms with E-state index in [9.17, 15) is 9.59 Å².